The van der Waals surface area contributed by atoms with Crippen molar-refractivity contribution in [1.29, 1.82) is 0 Å². The lowest BCUT2D eigenvalue weighted by Crippen LogP contribution is -2.28. The molecule has 1 N–H and O–H groups in total. The van der Waals surface area contributed by atoms with Crippen LogP contribution in [-0.4, -0.2) is 13.1 Å². The topological polar surface area (TPSA) is 12.0 Å². The van der Waals surface area contributed by atoms with Crippen LogP contribution in [0.25, 0.3) is 0 Å². The second-order valence-corrected chi connectivity index (χ2v) is 6.12. The Kier molecular flexibility index (Phi) is 8.60. The molecular weight excluding hydrogens is 242 g/mol. The molecule has 0 saturated carbocycles. The van der Waals surface area contributed by atoms with Gasteiger partial charge in [0.25, 0.3) is 0 Å². The molecule has 114 valence electrons. The molecule has 1 rings (SSSR count). The summed E-state index contributed by atoms with van der Waals surface area (Å²) in [6.07, 6.45) is 10.8. The molecule has 0 aromatic heterocycles. The van der Waals surface area contributed by atoms with Gasteiger partial charge >= 0.3 is 0 Å². The predicted octanol–water partition coefficient (Wildman–Crippen LogP) is 5.18. The van der Waals surface area contributed by atoms with Crippen LogP contribution in [0.1, 0.15) is 68.6 Å². The van der Waals surface area contributed by atoms with E-state index in [1.807, 2.05) is 0 Å². The number of hydrogen-bond donors (Lipinski definition) is 1. The van der Waals surface area contributed by atoms with Crippen molar-refractivity contribution in [2.75, 3.05) is 7.05 Å². The molecule has 20 heavy (non-hydrogen) atoms. The zero-order valence-electron chi connectivity index (χ0n) is 14.0. The van der Waals surface area contributed by atoms with Crippen LogP contribution in [0.5, 0.6) is 0 Å². The zero-order valence-corrected chi connectivity index (χ0v) is 14.0. The third kappa shape index (κ3) is 6.09. The molecule has 0 spiro atoms. The minimum absolute atomic E-state index is 0.626. The highest BCUT2D eigenvalue weighted by Gasteiger charge is 2.10. The van der Waals surface area contributed by atoms with Gasteiger partial charge in [0.1, 0.15) is 0 Å². The van der Waals surface area contributed by atoms with Crippen molar-refractivity contribution in [2.45, 2.75) is 78.2 Å². The molecule has 0 aliphatic carbocycles. The maximum absolute atomic E-state index is 3.51. The van der Waals surface area contributed by atoms with E-state index in [1.54, 1.807) is 0 Å². The molecule has 0 heterocycles. The number of likely N-dealkylation sites (N-methyl/N-ethyl adjacent to an activating group) is 1. The lowest BCUT2D eigenvalue weighted by atomic mass is 9.94. The fraction of sp³-hybridized carbons (Fsp3) is 0.684. The monoisotopic (exact) mass is 275 g/mol. The van der Waals surface area contributed by atoms with E-state index in [0.29, 0.717) is 6.04 Å². The molecular formula is C19H33N. The average molecular weight is 275 g/mol. The van der Waals surface area contributed by atoms with Crippen molar-refractivity contribution >= 4 is 0 Å². The number of aryl methyl sites for hydroxylation is 2. The van der Waals surface area contributed by atoms with E-state index in [2.05, 4.69) is 51.3 Å². The molecule has 0 amide bonds. The first-order valence-electron chi connectivity index (χ1n) is 8.41. The lowest BCUT2D eigenvalue weighted by Gasteiger charge is -2.19. The summed E-state index contributed by atoms with van der Waals surface area (Å²) in [7, 11) is 2.11. The highest BCUT2D eigenvalue weighted by molar-refractivity contribution is 5.34. The maximum atomic E-state index is 3.51. The standard InChI is InChI=1S/C19H33N/c1-5-6-7-8-9-10-14-18(20-4)15-19-16(2)12-11-13-17(19)3/h11-13,18,20H,5-10,14-15H2,1-4H3. The first-order valence-corrected chi connectivity index (χ1v) is 8.41. The molecule has 0 radical (unpaired) electrons. The summed E-state index contributed by atoms with van der Waals surface area (Å²) in [5.74, 6) is 0. The number of rotatable bonds is 10. The Morgan fingerprint density at radius 2 is 1.55 bits per heavy atom. The van der Waals surface area contributed by atoms with Crippen molar-refractivity contribution in [3.05, 3.63) is 34.9 Å². The lowest BCUT2D eigenvalue weighted by molar-refractivity contribution is 0.478. The number of benzene rings is 1. The summed E-state index contributed by atoms with van der Waals surface area (Å²) >= 11 is 0. The van der Waals surface area contributed by atoms with Gasteiger partial charge < -0.3 is 5.32 Å². The summed E-state index contributed by atoms with van der Waals surface area (Å²) in [5.41, 5.74) is 4.42. The van der Waals surface area contributed by atoms with Gasteiger partial charge in [-0.25, -0.2) is 0 Å². The van der Waals surface area contributed by atoms with Gasteiger partial charge in [-0.15, -0.1) is 0 Å². The van der Waals surface area contributed by atoms with Crippen LogP contribution >= 0.6 is 0 Å². The fourth-order valence-corrected chi connectivity index (χ4v) is 2.94. The molecule has 1 aromatic carbocycles. The van der Waals surface area contributed by atoms with Crippen molar-refractivity contribution < 1.29 is 0 Å². The van der Waals surface area contributed by atoms with Crippen LogP contribution in [0.4, 0.5) is 0 Å². The summed E-state index contributed by atoms with van der Waals surface area (Å²) < 4.78 is 0. The zero-order chi connectivity index (χ0) is 14.8. The molecule has 1 aromatic rings. The minimum atomic E-state index is 0.626. The highest BCUT2D eigenvalue weighted by atomic mass is 14.9. The molecule has 0 fully saturated rings. The predicted molar refractivity (Wildman–Crippen MR) is 90.5 cm³/mol. The van der Waals surface area contributed by atoms with Gasteiger partial charge in [0, 0.05) is 6.04 Å². The van der Waals surface area contributed by atoms with Crippen LogP contribution in [0.2, 0.25) is 0 Å². The van der Waals surface area contributed by atoms with Crippen LogP contribution < -0.4 is 5.32 Å². The van der Waals surface area contributed by atoms with Crippen molar-refractivity contribution in [3.8, 4) is 0 Å². The van der Waals surface area contributed by atoms with Crippen molar-refractivity contribution in [2.24, 2.45) is 0 Å². The Morgan fingerprint density at radius 1 is 0.950 bits per heavy atom. The third-order valence-electron chi connectivity index (χ3n) is 4.41. The van der Waals surface area contributed by atoms with Crippen LogP contribution in [0, 0.1) is 13.8 Å². The van der Waals surface area contributed by atoms with Crippen LogP contribution in [0.15, 0.2) is 18.2 Å². The van der Waals surface area contributed by atoms with Crippen molar-refractivity contribution in [3.63, 3.8) is 0 Å². The van der Waals surface area contributed by atoms with Crippen LogP contribution in [-0.2, 0) is 6.42 Å². The first-order chi connectivity index (χ1) is 9.69. The largest absolute Gasteiger partial charge is 0.317 e. The molecule has 0 bridgehead atoms. The SMILES string of the molecule is CCCCCCCCC(Cc1c(C)cccc1C)NC. The van der Waals surface area contributed by atoms with Gasteiger partial charge in [-0.2, -0.15) is 0 Å². The van der Waals surface area contributed by atoms with E-state index in [4.69, 9.17) is 0 Å². The van der Waals surface area contributed by atoms with E-state index >= 15 is 0 Å². The number of unbranched alkanes of at least 4 members (excludes halogenated alkanes) is 5. The second kappa shape index (κ2) is 9.99. The number of nitrogens with one attached hydrogen (secondary N) is 1. The first kappa shape index (κ1) is 17.2. The van der Waals surface area contributed by atoms with E-state index in [9.17, 15) is 0 Å². The fourth-order valence-electron chi connectivity index (χ4n) is 2.94. The third-order valence-corrected chi connectivity index (χ3v) is 4.41. The van der Waals surface area contributed by atoms with Gasteiger partial charge in [-0.3, -0.25) is 0 Å². The quantitative estimate of drug-likeness (QED) is 0.580. The normalized spacial score (nSPS) is 12.6. The van der Waals surface area contributed by atoms with E-state index in [0.717, 1.165) is 0 Å². The smallest absolute Gasteiger partial charge is 0.0105 e. The Bertz CT molecular complexity index is 350. The molecule has 1 heteroatoms. The summed E-state index contributed by atoms with van der Waals surface area (Å²) in [6, 6.07) is 7.26. The average Bonchev–Trinajstić information content (AvgIpc) is 2.44. The molecule has 1 atom stereocenters. The summed E-state index contributed by atoms with van der Waals surface area (Å²) in [5, 5.41) is 3.51. The van der Waals surface area contributed by atoms with Gasteiger partial charge in [0.15, 0.2) is 0 Å². The van der Waals surface area contributed by atoms with E-state index in [-0.39, 0.29) is 0 Å². The second-order valence-electron chi connectivity index (χ2n) is 6.12. The van der Waals surface area contributed by atoms with Crippen LogP contribution in [0.3, 0.4) is 0 Å². The van der Waals surface area contributed by atoms with E-state index < -0.39 is 0 Å². The Hall–Kier alpha value is -0.820. The Balaban J connectivity index is 2.36. The maximum Gasteiger partial charge on any atom is 0.0105 e. The van der Waals surface area contributed by atoms with E-state index in [1.165, 1.54) is 68.1 Å². The van der Waals surface area contributed by atoms with Gasteiger partial charge in [0.05, 0.1) is 0 Å². The number of hydrogen-bond acceptors (Lipinski definition) is 1. The Labute approximate surface area is 126 Å². The Morgan fingerprint density at radius 3 is 2.15 bits per heavy atom. The van der Waals surface area contributed by atoms with Crippen molar-refractivity contribution in [1.82, 2.24) is 5.32 Å². The van der Waals surface area contributed by atoms with Gasteiger partial charge in [-0.1, -0.05) is 63.6 Å². The highest BCUT2D eigenvalue weighted by Crippen LogP contribution is 2.18. The minimum Gasteiger partial charge on any atom is -0.317 e. The molecule has 0 aliphatic heterocycles. The molecule has 1 nitrogen and oxygen atoms in total. The molecule has 0 saturated heterocycles. The van der Waals surface area contributed by atoms with Gasteiger partial charge in [-0.05, 0) is 50.4 Å². The molecule has 0 aliphatic rings. The summed E-state index contributed by atoms with van der Waals surface area (Å²) in [6.45, 7) is 6.75. The molecule has 1 unspecified atom stereocenters. The summed E-state index contributed by atoms with van der Waals surface area (Å²) in [4.78, 5) is 0. The van der Waals surface area contributed by atoms with Gasteiger partial charge in [0.2, 0.25) is 0 Å².